The number of sulfonamides is 1. The topological polar surface area (TPSA) is 84.9 Å². The van der Waals surface area contributed by atoms with Crippen molar-refractivity contribution in [1.29, 1.82) is 0 Å². The van der Waals surface area contributed by atoms with E-state index < -0.39 is 22.5 Å². The molecule has 1 N–H and O–H groups in total. The van der Waals surface area contributed by atoms with E-state index in [0.29, 0.717) is 33.6 Å². The van der Waals surface area contributed by atoms with Gasteiger partial charge in [0.15, 0.2) is 17.2 Å². The first-order valence-corrected chi connectivity index (χ1v) is 12.4. The first-order chi connectivity index (χ1) is 15.7. The number of benzene rings is 3. The van der Waals surface area contributed by atoms with Crippen molar-refractivity contribution in [1.82, 2.24) is 0 Å². The summed E-state index contributed by atoms with van der Waals surface area (Å²) in [7, 11) is -2.17. The number of carbonyl (C=O) groups excluding carboxylic acids is 1. The lowest BCUT2D eigenvalue weighted by atomic mass is 10.1. The first kappa shape index (κ1) is 24.4. The van der Waals surface area contributed by atoms with E-state index in [0.717, 1.165) is 22.5 Å². The van der Waals surface area contributed by atoms with Crippen LogP contribution in [0.15, 0.2) is 66.7 Å². The van der Waals surface area contributed by atoms with Gasteiger partial charge >= 0.3 is 0 Å². The Balaban J connectivity index is 1.84. The van der Waals surface area contributed by atoms with E-state index in [4.69, 9.17) is 21.1 Å². The molecule has 0 fully saturated rings. The van der Waals surface area contributed by atoms with E-state index in [1.54, 1.807) is 42.5 Å². The third-order valence-electron chi connectivity index (χ3n) is 4.82. The van der Waals surface area contributed by atoms with Gasteiger partial charge in [-0.2, -0.15) is 0 Å². The van der Waals surface area contributed by atoms with Gasteiger partial charge in [-0.1, -0.05) is 42.8 Å². The maximum Gasteiger partial charge on any atom is 0.245 e. The highest BCUT2D eigenvalue weighted by Crippen LogP contribution is 2.36. The van der Waals surface area contributed by atoms with Crippen LogP contribution < -0.4 is 19.1 Å². The minimum atomic E-state index is -3.70. The zero-order chi connectivity index (χ0) is 24.0. The summed E-state index contributed by atoms with van der Waals surface area (Å²) >= 11 is 6.13. The molecule has 9 heteroatoms. The van der Waals surface area contributed by atoms with Crippen LogP contribution in [0.3, 0.4) is 0 Å². The van der Waals surface area contributed by atoms with Crippen LogP contribution >= 0.6 is 11.6 Å². The summed E-state index contributed by atoms with van der Waals surface area (Å²) in [5.74, 6) is 0.748. The van der Waals surface area contributed by atoms with Crippen LogP contribution in [0.5, 0.6) is 17.2 Å². The SMILES string of the molecule is CCc1ccc(N(CC(=O)Nc2cc(Cl)ccc2Oc2ccccc2OC)S(C)(=O)=O)cc1. The Kier molecular flexibility index (Phi) is 7.84. The molecule has 0 aliphatic rings. The predicted octanol–water partition coefficient (Wildman–Crippen LogP) is 5.11. The van der Waals surface area contributed by atoms with E-state index in [2.05, 4.69) is 5.32 Å². The molecule has 0 radical (unpaired) electrons. The number of amides is 1. The molecule has 0 atom stereocenters. The van der Waals surface area contributed by atoms with Crippen molar-refractivity contribution in [2.24, 2.45) is 0 Å². The van der Waals surface area contributed by atoms with E-state index in [-0.39, 0.29) is 0 Å². The number of carbonyl (C=O) groups is 1. The van der Waals surface area contributed by atoms with Crippen LogP contribution in [-0.2, 0) is 21.2 Å². The van der Waals surface area contributed by atoms with Crippen molar-refractivity contribution in [2.45, 2.75) is 13.3 Å². The number of anilines is 2. The van der Waals surface area contributed by atoms with Gasteiger partial charge in [0, 0.05) is 5.02 Å². The van der Waals surface area contributed by atoms with Gasteiger partial charge in [-0.3, -0.25) is 9.10 Å². The number of rotatable bonds is 9. The number of hydrogen-bond donors (Lipinski definition) is 1. The van der Waals surface area contributed by atoms with Crippen LogP contribution in [0.4, 0.5) is 11.4 Å². The lowest BCUT2D eigenvalue weighted by Crippen LogP contribution is -2.37. The van der Waals surface area contributed by atoms with Crippen molar-refractivity contribution in [3.63, 3.8) is 0 Å². The summed E-state index contributed by atoms with van der Waals surface area (Å²) in [5, 5.41) is 3.09. The average molecular weight is 489 g/mol. The molecule has 0 spiro atoms. The van der Waals surface area contributed by atoms with Gasteiger partial charge < -0.3 is 14.8 Å². The Morgan fingerprint density at radius 1 is 1.00 bits per heavy atom. The van der Waals surface area contributed by atoms with E-state index in [9.17, 15) is 13.2 Å². The Morgan fingerprint density at radius 2 is 1.67 bits per heavy atom. The summed E-state index contributed by atoms with van der Waals surface area (Å²) < 4.78 is 37.1. The lowest BCUT2D eigenvalue weighted by Gasteiger charge is -2.22. The number of methoxy groups -OCH3 is 1. The van der Waals surface area contributed by atoms with E-state index >= 15 is 0 Å². The number of ether oxygens (including phenoxy) is 2. The van der Waals surface area contributed by atoms with Crippen LogP contribution in [0.2, 0.25) is 5.02 Å². The number of hydrogen-bond acceptors (Lipinski definition) is 5. The zero-order valence-corrected chi connectivity index (χ0v) is 20.1. The van der Waals surface area contributed by atoms with Crippen LogP contribution in [0.25, 0.3) is 0 Å². The molecule has 0 unspecified atom stereocenters. The second-order valence-corrected chi connectivity index (χ2v) is 9.57. The molecule has 0 aliphatic heterocycles. The Morgan fingerprint density at radius 3 is 2.27 bits per heavy atom. The highest BCUT2D eigenvalue weighted by atomic mass is 35.5. The van der Waals surface area contributed by atoms with Crippen molar-refractivity contribution < 1.29 is 22.7 Å². The van der Waals surface area contributed by atoms with E-state index in [1.165, 1.54) is 13.2 Å². The quantitative estimate of drug-likeness (QED) is 0.452. The fourth-order valence-corrected chi connectivity index (χ4v) is 4.16. The smallest absolute Gasteiger partial charge is 0.245 e. The van der Waals surface area contributed by atoms with Gasteiger partial charge in [0.1, 0.15) is 6.54 Å². The number of nitrogens with one attached hydrogen (secondary N) is 1. The zero-order valence-electron chi connectivity index (χ0n) is 18.5. The van der Waals surface area contributed by atoms with Crippen molar-refractivity contribution in [3.05, 3.63) is 77.3 Å². The molecule has 174 valence electrons. The second-order valence-electron chi connectivity index (χ2n) is 7.23. The molecule has 0 bridgehead atoms. The van der Waals surface area contributed by atoms with Crippen LogP contribution in [-0.4, -0.2) is 34.2 Å². The van der Waals surface area contributed by atoms with Crippen LogP contribution in [0.1, 0.15) is 12.5 Å². The number of para-hydroxylation sites is 2. The summed E-state index contributed by atoms with van der Waals surface area (Å²) in [6.07, 6.45) is 1.88. The number of halogens is 1. The molecule has 0 aliphatic carbocycles. The molecule has 0 saturated carbocycles. The molecule has 0 aromatic heterocycles. The maximum atomic E-state index is 12.9. The molecule has 3 aromatic carbocycles. The molecular weight excluding hydrogens is 464 g/mol. The molecule has 3 rings (SSSR count). The third kappa shape index (κ3) is 6.40. The summed E-state index contributed by atoms with van der Waals surface area (Å²) in [6, 6.07) is 18.9. The lowest BCUT2D eigenvalue weighted by molar-refractivity contribution is -0.114. The fourth-order valence-electron chi connectivity index (χ4n) is 3.13. The van der Waals surface area contributed by atoms with E-state index in [1.807, 2.05) is 25.1 Å². The molecule has 3 aromatic rings. The minimum absolute atomic E-state index is 0.299. The Hall–Kier alpha value is -3.23. The van der Waals surface area contributed by atoms with Crippen molar-refractivity contribution >= 4 is 38.9 Å². The molecule has 7 nitrogen and oxygen atoms in total. The van der Waals surface area contributed by atoms with Gasteiger partial charge in [-0.25, -0.2) is 8.42 Å². The highest BCUT2D eigenvalue weighted by molar-refractivity contribution is 7.92. The Bertz CT molecular complexity index is 1230. The first-order valence-electron chi connectivity index (χ1n) is 10.2. The molecule has 0 saturated heterocycles. The fraction of sp³-hybridized carbons (Fsp3) is 0.208. The standard InChI is InChI=1S/C24H25ClN2O5S/c1-4-17-9-12-19(13-10-17)27(33(3,29)30)16-24(28)26-20-15-18(25)11-14-21(20)32-23-8-6-5-7-22(23)31-2/h5-15H,4,16H2,1-3H3,(H,26,28). The van der Waals surface area contributed by atoms with Crippen molar-refractivity contribution in [3.8, 4) is 17.2 Å². The highest BCUT2D eigenvalue weighted by Gasteiger charge is 2.22. The molecule has 0 heterocycles. The minimum Gasteiger partial charge on any atom is -0.493 e. The number of nitrogens with zero attached hydrogens (tertiary/aromatic N) is 1. The maximum absolute atomic E-state index is 12.9. The van der Waals surface area contributed by atoms with Gasteiger partial charge in [0.05, 0.1) is 24.7 Å². The summed E-state index contributed by atoms with van der Waals surface area (Å²) in [4.78, 5) is 12.9. The predicted molar refractivity (Wildman–Crippen MR) is 131 cm³/mol. The average Bonchev–Trinajstić information content (AvgIpc) is 2.79. The molecule has 1 amide bonds. The van der Waals surface area contributed by atoms with Gasteiger partial charge in [0.2, 0.25) is 15.9 Å². The van der Waals surface area contributed by atoms with Crippen molar-refractivity contribution in [2.75, 3.05) is 29.5 Å². The van der Waals surface area contributed by atoms with Gasteiger partial charge in [0.25, 0.3) is 0 Å². The summed E-state index contributed by atoms with van der Waals surface area (Å²) in [5.41, 5.74) is 1.77. The van der Waals surface area contributed by atoms with Gasteiger partial charge in [-0.15, -0.1) is 0 Å². The number of aryl methyl sites for hydroxylation is 1. The third-order valence-corrected chi connectivity index (χ3v) is 6.20. The normalized spacial score (nSPS) is 11.0. The van der Waals surface area contributed by atoms with Crippen LogP contribution in [0, 0.1) is 0 Å². The molecular formula is C24H25ClN2O5S. The largest absolute Gasteiger partial charge is 0.493 e. The molecule has 33 heavy (non-hydrogen) atoms. The van der Waals surface area contributed by atoms with Gasteiger partial charge in [-0.05, 0) is 54.4 Å². The summed E-state index contributed by atoms with van der Waals surface area (Å²) in [6.45, 7) is 1.59. The monoisotopic (exact) mass is 488 g/mol. The Labute approximate surface area is 198 Å². The second kappa shape index (κ2) is 10.6.